The molecule has 2 aromatic carbocycles. The molecule has 0 bridgehead atoms. The number of benzene rings is 2. The van der Waals surface area contributed by atoms with E-state index in [0.29, 0.717) is 17.1 Å². The summed E-state index contributed by atoms with van der Waals surface area (Å²) >= 11 is 5.97. The van der Waals surface area contributed by atoms with E-state index in [9.17, 15) is 4.79 Å². The topological polar surface area (TPSA) is 66.9 Å². The van der Waals surface area contributed by atoms with E-state index < -0.39 is 0 Å². The molecule has 0 spiro atoms. The van der Waals surface area contributed by atoms with Gasteiger partial charge in [0, 0.05) is 35.5 Å². The van der Waals surface area contributed by atoms with Gasteiger partial charge in [0.15, 0.2) is 0 Å². The number of halogens is 1. The lowest BCUT2D eigenvalue weighted by Crippen LogP contribution is -2.19. The van der Waals surface area contributed by atoms with Crippen LogP contribution in [-0.4, -0.2) is 22.9 Å². The third-order valence-corrected chi connectivity index (χ3v) is 4.92. The van der Waals surface area contributed by atoms with Crippen LogP contribution in [0.1, 0.15) is 21.6 Å². The Bertz CT molecular complexity index is 1180. The Morgan fingerprint density at radius 2 is 1.76 bits per heavy atom. The summed E-state index contributed by atoms with van der Waals surface area (Å²) in [5, 5.41) is 8.80. The quantitative estimate of drug-likeness (QED) is 0.494. The van der Waals surface area contributed by atoms with Gasteiger partial charge < -0.3 is 10.6 Å². The zero-order chi connectivity index (χ0) is 20.2. The van der Waals surface area contributed by atoms with Crippen molar-refractivity contribution in [2.24, 2.45) is 0 Å². The van der Waals surface area contributed by atoms with Crippen LogP contribution in [0.3, 0.4) is 0 Å². The van der Waals surface area contributed by atoms with Gasteiger partial charge in [0.05, 0.1) is 0 Å². The summed E-state index contributed by atoms with van der Waals surface area (Å²) in [6, 6.07) is 19.4. The number of aromatic nitrogens is 2. The molecule has 0 fully saturated rings. The number of hydrogen-bond donors (Lipinski definition) is 2. The molecular formula is C23H19ClN4O. The second-order valence-electron chi connectivity index (χ2n) is 6.61. The molecule has 0 saturated heterocycles. The summed E-state index contributed by atoms with van der Waals surface area (Å²) < 4.78 is 0. The molecule has 6 heteroatoms. The standard InChI is InChI=1S/C23H19ClN4O/c1-25-23(29)21-13-15(10-11-26-21)12-16-14-27-22(20-5-3-2-4-19(16)20)28-18-8-6-17(24)7-9-18/h2-11,13-14H,12H2,1H3,(H,25,29)(H,27,28). The Kier molecular flexibility index (Phi) is 5.40. The fourth-order valence-electron chi connectivity index (χ4n) is 3.22. The average molecular weight is 403 g/mol. The number of amides is 1. The van der Waals surface area contributed by atoms with Crippen LogP contribution in [0.25, 0.3) is 10.8 Å². The molecule has 0 aliphatic rings. The van der Waals surface area contributed by atoms with Gasteiger partial charge in [0.1, 0.15) is 11.5 Å². The number of carbonyl (C=O) groups is 1. The number of nitrogens with one attached hydrogen (secondary N) is 2. The lowest BCUT2D eigenvalue weighted by Gasteiger charge is -2.13. The first-order valence-corrected chi connectivity index (χ1v) is 9.58. The van der Waals surface area contributed by atoms with Gasteiger partial charge in [0.25, 0.3) is 5.91 Å². The Hall–Kier alpha value is -3.44. The van der Waals surface area contributed by atoms with Crippen LogP contribution >= 0.6 is 11.6 Å². The summed E-state index contributed by atoms with van der Waals surface area (Å²) in [5.74, 6) is 0.588. The van der Waals surface area contributed by atoms with Gasteiger partial charge in [-0.1, -0.05) is 35.9 Å². The lowest BCUT2D eigenvalue weighted by molar-refractivity contribution is 0.0958. The van der Waals surface area contributed by atoms with Crippen molar-refractivity contribution >= 4 is 39.8 Å². The van der Waals surface area contributed by atoms with Crippen LogP contribution in [0.4, 0.5) is 11.5 Å². The first kappa shape index (κ1) is 18.9. The minimum absolute atomic E-state index is 0.197. The van der Waals surface area contributed by atoms with E-state index in [4.69, 9.17) is 11.6 Å². The van der Waals surface area contributed by atoms with Crippen molar-refractivity contribution in [3.63, 3.8) is 0 Å². The van der Waals surface area contributed by atoms with Gasteiger partial charge in [-0.05, 0) is 59.3 Å². The number of anilines is 2. The minimum Gasteiger partial charge on any atom is -0.354 e. The van der Waals surface area contributed by atoms with Gasteiger partial charge >= 0.3 is 0 Å². The highest BCUT2D eigenvalue weighted by Crippen LogP contribution is 2.28. The van der Waals surface area contributed by atoms with Crippen LogP contribution in [0, 0.1) is 0 Å². The predicted molar refractivity (Wildman–Crippen MR) is 117 cm³/mol. The molecule has 144 valence electrons. The van der Waals surface area contributed by atoms with E-state index >= 15 is 0 Å². The van der Waals surface area contributed by atoms with E-state index in [1.54, 1.807) is 13.2 Å². The maximum absolute atomic E-state index is 11.9. The van der Waals surface area contributed by atoms with E-state index in [0.717, 1.165) is 33.4 Å². The monoisotopic (exact) mass is 402 g/mol. The summed E-state index contributed by atoms with van der Waals surface area (Å²) in [5.41, 5.74) is 3.41. The summed E-state index contributed by atoms with van der Waals surface area (Å²) in [6.07, 6.45) is 4.19. The van der Waals surface area contributed by atoms with E-state index in [2.05, 4.69) is 26.7 Å². The maximum atomic E-state index is 11.9. The molecule has 2 heterocycles. The highest BCUT2D eigenvalue weighted by Gasteiger charge is 2.10. The normalized spacial score (nSPS) is 10.7. The second kappa shape index (κ2) is 8.29. The summed E-state index contributed by atoms with van der Waals surface area (Å²) in [6.45, 7) is 0. The molecule has 2 N–H and O–H groups in total. The Balaban J connectivity index is 1.68. The SMILES string of the molecule is CNC(=O)c1cc(Cc2cnc(Nc3ccc(Cl)cc3)c3ccccc23)ccn1. The molecule has 0 atom stereocenters. The summed E-state index contributed by atoms with van der Waals surface area (Å²) in [4.78, 5) is 20.7. The van der Waals surface area contributed by atoms with E-state index in [1.165, 1.54) is 0 Å². The average Bonchev–Trinajstić information content (AvgIpc) is 2.76. The van der Waals surface area contributed by atoms with Gasteiger partial charge in [-0.25, -0.2) is 4.98 Å². The van der Waals surface area contributed by atoms with Gasteiger partial charge in [-0.15, -0.1) is 0 Å². The van der Waals surface area contributed by atoms with Crippen molar-refractivity contribution in [1.82, 2.24) is 15.3 Å². The highest BCUT2D eigenvalue weighted by molar-refractivity contribution is 6.30. The third kappa shape index (κ3) is 4.20. The van der Waals surface area contributed by atoms with Crippen LogP contribution in [0.15, 0.2) is 73.1 Å². The number of fused-ring (bicyclic) bond motifs is 1. The lowest BCUT2D eigenvalue weighted by atomic mass is 10.0. The predicted octanol–water partition coefficient (Wildman–Crippen LogP) is 4.98. The van der Waals surface area contributed by atoms with Crippen LogP contribution < -0.4 is 10.6 Å². The zero-order valence-electron chi connectivity index (χ0n) is 15.8. The smallest absolute Gasteiger partial charge is 0.269 e. The third-order valence-electron chi connectivity index (χ3n) is 4.66. The molecule has 29 heavy (non-hydrogen) atoms. The van der Waals surface area contributed by atoms with Crippen LogP contribution in [0.5, 0.6) is 0 Å². The fraction of sp³-hybridized carbons (Fsp3) is 0.0870. The highest BCUT2D eigenvalue weighted by atomic mass is 35.5. The first-order chi connectivity index (χ1) is 14.1. The molecule has 0 unspecified atom stereocenters. The van der Waals surface area contributed by atoms with Gasteiger partial charge in [0.2, 0.25) is 0 Å². The number of nitrogens with zero attached hydrogens (tertiary/aromatic N) is 2. The van der Waals surface area contributed by atoms with E-state index in [1.807, 2.05) is 60.8 Å². The fourth-order valence-corrected chi connectivity index (χ4v) is 3.34. The Labute approximate surface area is 173 Å². The number of rotatable bonds is 5. The molecule has 4 rings (SSSR count). The molecule has 5 nitrogen and oxygen atoms in total. The number of pyridine rings is 2. The first-order valence-electron chi connectivity index (χ1n) is 9.20. The zero-order valence-corrected chi connectivity index (χ0v) is 16.6. The van der Waals surface area contributed by atoms with Crippen molar-refractivity contribution in [2.45, 2.75) is 6.42 Å². The van der Waals surface area contributed by atoms with E-state index in [-0.39, 0.29) is 5.91 Å². The Morgan fingerprint density at radius 3 is 2.52 bits per heavy atom. The molecule has 0 aliphatic carbocycles. The van der Waals surface area contributed by atoms with Gasteiger partial charge in [-0.3, -0.25) is 9.78 Å². The summed E-state index contributed by atoms with van der Waals surface area (Å²) in [7, 11) is 1.60. The molecule has 0 radical (unpaired) electrons. The number of carbonyl (C=O) groups excluding carboxylic acids is 1. The van der Waals surface area contributed by atoms with Gasteiger partial charge in [-0.2, -0.15) is 0 Å². The molecule has 0 aliphatic heterocycles. The maximum Gasteiger partial charge on any atom is 0.269 e. The molecular weight excluding hydrogens is 384 g/mol. The van der Waals surface area contributed by atoms with Crippen molar-refractivity contribution < 1.29 is 4.79 Å². The van der Waals surface area contributed by atoms with Crippen LogP contribution in [-0.2, 0) is 6.42 Å². The van der Waals surface area contributed by atoms with Crippen molar-refractivity contribution in [1.29, 1.82) is 0 Å². The second-order valence-corrected chi connectivity index (χ2v) is 7.05. The largest absolute Gasteiger partial charge is 0.354 e. The number of hydrogen-bond acceptors (Lipinski definition) is 4. The van der Waals surface area contributed by atoms with Crippen molar-refractivity contribution in [3.05, 3.63) is 94.9 Å². The molecule has 4 aromatic rings. The molecule has 0 saturated carbocycles. The van der Waals surface area contributed by atoms with Crippen molar-refractivity contribution in [3.8, 4) is 0 Å². The minimum atomic E-state index is -0.197. The van der Waals surface area contributed by atoms with Crippen molar-refractivity contribution in [2.75, 3.05) is 12.4 Å². The molecule has 2 aromatic heterocycles. The molecule has 1 amide bonds. The Morgan fingerprint density at radius 1 is 1.00 bits per heavy atom. The van der Waals surface area contributed by atoms with Crippen LogP contribution in [0.2, 0.25) is 5.02 Å².